The molecule has 0 spiro atoms. The lowest BCUT2D eigenvalue weighted by Crippen LogP contribution is -2.34. The molecule has 1 N–H and O–H groups in total. The van der Waals surface area contributed by atoms with Gasteiger partial charge in [0.25, 0.3) is 0 Å². The number of nitrogens with one attached hydrogen (secondary N) is 1. The molecule has 29 heavy (non-hydrogen) atoms. The number of hydrogen-bond acceptors (Lipinski definition) is 4. The van der Waals surface area contributed by atoms with E-state index < -0.39 is 12.0 Å². The van der Waals surface area contributed by atoms with Crippen LogP contribution in [0.2, 0.25) is 0 Å². The molecule has 0 aliphatic heterocycles. The van der Waals surface area contributed by atoms with Gasteiger partial charge in [0.05, 0.1) is 12.1 Å². The molecular weight excluding hydrogens is 366 g/mol. The van der Waals surface area contributed by atoms with E-state index in [4.69, 9.17) is 4.74 Å². The maximum absolute atomic E-state index is 12.5. The molecule has 2 atom stereocenters. The summed E-state index contributed by atoms with van der Waals surface area (Å²) in [5.41, 5.74) is 1.81. The van der Waals surface area contributed by atoms with Gasteiger partial charge in [0, 0.05) is 18.8 Å². The lowest BCUT2D eigenvalue weighted by atomic mass is 9.96. The summed E-state index contributed by atoms with van der Waals surface area (Å²) in [6.45, 7) is 1.98. The Balaban J connectivity index is 1.62. The van der Waals surface area contributed by atoms with Crippen LogP contribution >= 0.6 is 0 Å². The lowest BCUT2D eigenvalue weighted by molar-refractivity contribution is -0.306. The van der Waals surface area contributed by atoms with E-state index >= 15 is 0 Å². The summed E-state index contributed by atoms with van der Waals surface area (Å²) in [6.07, 6.45) is 4.83. The minimum absolute atomic E-state index is 0.0435. The van der Waals surface area contributed by atoms with E-state index in [2.05, 4.69) is 5.32 Å². The number of carboxylic acid groups (broad SMARTS) is 1. The molecule has 1 aliphatic carbocycles. The number of carboxylic acids is 1. The van der Waals surface area contributed by atoms with Gasteiger partial charge in [-0.15, -0.1) is 0 Å². The molecule has 0 heterocycles. The number of carbonyl (C=O) groups is 2. The molecule has 1 aliphatic rings. The number of aliphatic carboxylic acids is 1. The fraction of sp³-hybridized carbons (Fsp3) is 0.417. The molecule has 1 saturated carbocycles. The van der Waals surface area contributed by atoms with Gasteiger partial charge in [-0.25, -0.2) is 0 Å². The van der Waals surface area contributed by atoms with Crippen LogP contribution in [0.4, 0.5) is 0 Å². The number of rotatable bonds is 9. The first kappa shape index (κ1) is 20.9. The van der Waals surface area contributed by atoms with Crippen LogP contribution in [0.5, 0.6) is 5.75 Å². The summed E-state index contributed by atoms with van der Waals surface area (Å²) in [6, 6.07) is 16.5. The van der Waals surface area contributed by atoms with Crippen molar-refractivity contribution in [1.29, 1.82) is 0 Å². The van der Waals surface area contributed by atoms with Crippen molar-refractivity contribution >= 4 is 11.9 Å². The average molecular weight is 394 g/mol. The third-order valence-corrected chi connectivity index (χ3v) is 5.45. The monoisotopic (exact) mass is 394 g/mol. The maximum Gasteiger partial charge on any atom is 0.221 e. The van der Waals surface area contributed by atoms with Crippen LogP contribution in [0.1, 0.15) is 68.5 Å². The highest BCUT2D eigenvalue weighted by atomic mass is 16.5. The van der Waals surface area contributed by atoms with Crippen LogP contribution < -0.4 is 15.2 Å². The number of ether oxygens (including phenoxy) is 1. The van der Waals surface area contributed by atoms with Crippen LogP contribution in [-0.4, -0.2) is 18.0 Å². The summed E-state index contributed by atoms with van der Waals surface area (Å²) < 4.78 is 5.96. The summed E-state index contributed by atoms with van der Waals surface area (Å²) in [5, 5.41) is 14.1. The molecular formula is C24H28NO4-. The van der Waals surface area contributed by atoms with Crippen LogP contribution in [0.25, 0.3) is 0 Å². The van der Waals surface area contributed by atoms with Crippen LogP contribution in [-0.2, 0) is 9.59 Å². The summed E-state index contributed by atoms with van der Waals surface area (Å²) in [7, 11) is 0. The minimum Gasteiger partial charge on any atom is -0.550 e. The topological polar surface area (TPSA) is 78.5 Å². The normalized spacial score (nSPS) is 16.2. The van der Waals surface area contributed by atoms with Gasteiger partial charge in [0.2, 0.25) is 5.91 Å². The fourth-order valence-electron chi connectivity index (χ4n) is 3.83. The Bertz CT molecular complexity index is 797. The van der Waals surface area contributed by atoms with Gasteiger partial charge in [-0.05, 0) is 54.9 Å². The van der Waals surface area contributed by atoms with Gasteiger partial charge in [-0.2, -0.15) is 0 Å². The fourth-order valence-corrected chi connectivity index (χ4v) is 3.83. The molecule has 2 aromatic carbocycles. The molecule has 154 valence electrons. The number of carbonyl (C=O) groups excluding carboxylic acids is 2. The molecule has 0 radical (unpaired) electrons. The molecule has 3 rings (SSSR count). The second-order valence-corrected chi connectivity index (χ2v) is 7.81. The Morgan fingerprint density at radius 2 is 1.66 bits per heavy atom. The molecule has 0 bridgehead atoms. The van der Waals surface area contributed by atoms with Crippen LogP contribution in [0.3, 0.4) is 0 Å². The Kier molecular flexibility index (Phi) is 7.28. The summed E-state index contributed by atoms with van der Waals surface area (Å²) in [5.74, 6) is -0.560. The van der Waals surface area contributed by atoms with Crippen molar-refractivity contribution in [3.8, 4) is 5.75 Å². The molecule has 1 fully saturated rings. The smallest absolute Gasteiger partial charge is 0.221 e. The van der Waals surface area contributed by atoms with Crippen molar-refractivity contribution in [1.82, 2.24) is 5.32 Å². The van der Waals surface area contributed by atoms with Gasteiger partial charge in [-0.3, -0.25) is 4.79 Å². The second kappa shape index (κ2) is 10.1. The van der Waals surface area contributed by atoms with E-state index in [1.165, 1.54) is 12.8 Å². The SMILES string of the molecule is C[C@@H](CC(=O)N[C@@H](CC(=O)[O-])c1ccc(OC2CCCC2)cc1)c1ccccc1. The van der Waals surface area contributed by atoms with Gasteiger partial charge in [-0.1, -0.05) is 49.4 Å². The highest BCUT2D eigenvalue weighted by Gasteiger charge is 2.19. The number of benzene rings is 2. The van der Waals surface area contributed by atoms with Gasteiger partial charge in [0.15, 0.2) is 0 Å². The molecule has 1 amide bonds. The second-order valence-electron chi connectivity index (χ2n) is 7.81. The van der Waals surface area contributed by atoms with Gasteiger partial charge in [0.1, 0.15) is 5.75 Å². The van der Waals surface area contributed by atoms with E-state index in [9.17, 15) is 14.7 Å². The first-order valence-electron chi connectivity index (χ1n) is 10.3. The molecule has 0 unspecified atom stereocenters. The Morgan fingerprint density at radius 1 is 1.00 bits per heavy atom. The largest absolute Gasteiger partial charge is 0.550 e. The van der Waals surface area contributed by atoms with E-state index in [1.54, 1.807) is 0 Å². The zero-order valence-corrected chi connectivity index (χ0v) is 16.8. The predicted octanol–water partition coefficient (Wildman–Crippen LogP) is 3.50. The first-order chi connectivity index (χ1) is 14.0. The van der Waals surface area contributed by atoms with Crippen molar-refractivity contribution < 1.29 is 19.4 Å². The lowest BCUT2D eigenvalue weighted by Gasteiger charge is -2.22. The zero-order valence-electron chi connectivity index (χ0n) is 16.8. The van der Waals surface area contributed by atoms with E-state index in [0.717, 1.165) is 29.7 Å². The summed E-state index contributed by atoms with van der Waals surface area (Å²) in [4.78, 5) is 23.8. The van der Waals surface area contributed by atoms with E-state index in [-0.39, 0.29) is 30.8 Å². The van der Waals surface area contributed by atoms with Crippen LogP contribution in [0.15, 0.2) is 54.6 Å². The maximum atomic E-state index is 12.5. The van der Waals surface area contributed by atoms with Crippen molar-refractivity contribution in [2.75, 3.05) is 0 Å². The van der Waals surface area contributed by atoms with Gasteiger partial charge >= 0.3 is 0 Å². The standard InChI is InChI=1S/C24H29NO4/c1-17(18-7-3-2-4-8-18)15-23(26)25-22(16-24(27)28)19-11-13-21(14-12-19)29-20-9-5-6-10-20/h2-4,7-8,11-14,17,20,22H,5-6,9-10,15-16H2,1H3,(H,25,26)(H,27,28)/p-1/t17-,22-/m0/s1. The van der Waals surface area contributed by atoms with Crippen molar-refractivity contribution in [2.45, 2.75) is 63.5 Å². The highest BCUT2D eigenvalue weighted by Crippen LogP contribution is 2.26. The summed E-state index contributed by atoms with van der Waals surface area (Å²) >= 11 is 0. The Morgan fingerprint density at radius 3 is 2.28 bits per heavy atom. The van der Waals surface area contributed by atoms with Crippen molar-refractivity contribution in [3.63, 3.8) is 0 Å². The Hall–Kier alpha value is -2.82. The molecule has 2 aromatic rings. The highest BCUT2D eigenvalue weighted by molar-refractivity contribution is 5.78. The first-order valence-corrected chi connectivity index (χ1v) is 10.3. The zero-order chi connectivity index (χ0) is 20.6. The number of hydrogen-bond donors (Lipinski definition) is 1. The predicted molar refractivity (Wildman–Crippen MR) is 109 cm³/mol. The molecule has 0 aromatic heterocycles. The molecule has 0 saturated heterocycles. The quantitative estimate of drug-likeness (QED) is 0.706. The van der Waals surface area contributed by atoms with E-state index in [1.807, 2.05) is 61.5 Å². The molecule has 5 heteroatoms. The number of amides is 1. The third kappa shape index (κ3) is 6.34. The van der Waals surface area contributed by atoms with Gasteiger partial charge < -0.3 is 20.0 Å². The Labute approximate surface area is 172 Å². The molecule has 5 nitrogen and oxygen atoms in total. The van der Waals surface area contributed by atoms with E-state index in [0.29, 0.717) is 0 Å². The minimum atomic E-state index is -1.20. The van der Waals surface area contributed by atoms with Crippen LogP contribution in [0, 0.1) is 0 Å². The van der Waals surface area contributed by atoms with Crippen molar-refractivity contribution in [2.24, 2.45) is 0 Å². The third-order valence-electron chi connectivity index (χ3n) is 5.45. The van der Waals surface area contributed by atoms with Crippen molar-refractivity contribution in [3.05, 3.63) is 65.7 Å². The average Bonchev–Trinajstić information content (AvgIpc) is 3.21.